The SMILES string of the molecule is COc1ccc(Oc2cccc(CC(N)CO)c2)cc1. The van der Waals surface area contributed by atoms with E-state index in [-0.39, 0.29) is 12.6 Å². The molecule has 0 saturated carbocycles. The van der Waals surface area contributed by atoms with Gasteiger partial charge in [-0.05, 0) is 48.4 Å². The highest BCUT2D eigenvalue weighted by Crippen LogP contribution is 2.24. The van der Waals surface area contributed by atoms with Crippen molar-refractivity contribution in [1.29, 1.82) is 0 Å². The van der Waals surface area contributed by atoms with Crippen molar-refractivity contribution in [1.82, 2.24) is 0 Å². The van der Waals surface area contributed by atoms with Crippen molar-refractivity contribution < 1.29 is 14.6 Å². The van der Waals surface area contributed by atoms with Gasteiger partial charge in [0.15, 0.2) is 0 Å². The average molecular weight is 273 g/mol. The zero-order chi connectivity index (χ0) is 14.4. The molecule has 106 valence electrons. The lowest BCUT2D eigenvalue weighted by Gasteiger charge is -2.10. The van der Waals surface area contributed by atoms with E-state index in [9.17, 15) is 0 Å². The van der Waals surface area contributed by atoms with Gasteiger partial charge in [-0.3, -0.25) is 0 Å². The standard InChI is InChI=1S/C16H19NO3/c1-19-14-5-7-15(8-6-14)20-16-4-2-3-12(10-16)9-13(17)11-18/h2-8,10,13,18H,9,11,17H2,1H3. The van der Waals surface area contributed by atoms with Crippen LogP contribution in [-0.2, 0) is 6.42 Å². The Morgan fingerprint density at radius 2 is 1.75 bits per heavy atom. The Bertz CT molecular complexity index is 540. The van der Waals surface area contributed by atoms with Crippen molar-refractivity contribution in [3.8, 4) is 17.2 Å². The number of nitrogens with two attached hydrogens (primary N) is 1. The van der Waals surface area contributed by atoms with Crippen LogP contribution in [0, 0.1) is 0 Å². The zero-order valence-corrected chi connectivity index (χ0v) is 11.5. The van der Waals surface area contributed by atoms with Crippen LogP contribution in [-0.4, -0.2) is 24.9 Å². The first-order chi connectivity index (χ1) is 9.71. The Balaban J connectivity index is 2.06. The molecule has 2 aromatic carbocycles. The summed E-state index contributed by atoms with van der Waals surface area (Å²) in [5.41, 5.74) is 6.77. The lowest BCUT2D eigenvalue weighted by molar-refractivity contribution is 0.265. The molecule has 0 bridgehead atoms. The predicted octanol–water partition coefficient (Wildman–Crippen LogP) is 2.35. The molecule has 0 amide bonds. The Labute approximate surface area is 118 Å². The van der Waals surface area contributed by atoms with Crippen LogP contribution in [0.1, 0.15) is 5.56 Å². The normalized spacial score (nSPS) is 11.9. The molecule has 0 heterocycles. The Hall–Kier alpha value is -2.04. The summed E-state index contributed by atoms with van der Waals surface area (Å²) in [4.78, 5) is 0. The number of benzene rings is 2. The number of aliphatic hydroxyl groups is 1. The van der Waals surface area contributed by atoms with Crippen LogP contribution in [0.25, 0.3) is 0 Å². The molecule has 1 unspecified atom stereocenters. The van der Waals surface area contributed by atoms with Crippen LogP contribution in [0.2, 0.25) is 0 Å². The second-order valence-corrected chi connectivity index (χ2v) is 4.57. The van der Waals surface area contributed by atoms with E-state index in [0.717, 1.165) is 22.8 Å². The molecular formula is C16H19NO3. The van der Waals surface area contributed by atoms with E-state index in [1.165, 1.54) is 0 Å². The molecule has 2 rings (SSSR count). The van der Waals surface area contributed by atoms with Gasteiger partial charge in [0, 0.05) is 6.04 Å². The summed E-state index contributed by atoms with van der Waals surface area (Å²) >= 11 is 0. The number of rotatable bonds is 6. The maximum absolute atomic E-state index is 8.98. The molecule has 20 heavy (non-hydrogen) atoms. The van der Waals surface area contributed by atoms with E-state index in [1.807, 2.05) is 48.5 Å². The minimum atomic E-state index is -0.244. The van der Waals surface area contributed by atoms with Gasteiger partial charge in [0.2, 0.25) is 0 Å². The van der Waals surface area contributed by atoms with Gasteiger partial charge >= 0.3 is 0 Å². The molecule has 0 spiro atoms. The number of ether oxygens (including phenoxy) is 2. The third kappa shape index (κ3) is 3.98. The summed E-state index contributed by atoms with van der Waals surface area (Å²) in [6, 6.07) is 14.9. The summed E-state index contributed by atoms with van der Waals surface area (Å²) in [5.74, 6) is 2.28. The smallest absolute Gasteiger partial charge is 0.127 e. The molecule has 1 atom stereocenters. The fourth-order valence-corrected chi connectivity index (χ4v) is 1.88. The second-order valence-electron chi connectivity index (χ2n) is 4.57. The monoisotopic (exact) mass is 273 g/mol. The fraction of sp³-hybridized carbons (Fsp3) is 0.250. The highest BCUT2D eigenvalue weighted by Gasteiger charge is 2.04. The highest BCUT2D eigenvalue weighted by molar-refractivity contribution is 5.37. The van der Waals surface area contributed by atoms with Crippen LogP contribution < -0.4 is 15.2 Å². The van der Waals surface area contributed by atoms with E-state index >= 15 is 0 Å². The van der Waals surface area contributed by atoms with Crippen LogP contribution >= 0.6 is 0 Å². The predicted molar refractivity (Wildman–Crippen MR) is 78.3 cm³/mol. The lowest BCUT2D eigenvalue weighted by atomic mass is 10.1. The van der Waals surface area contributed by atoms with Gasteiger partial charge in [-0.1, -0.05) is 12.1 Å². The molecular weight excluding hydrogens is 254 g/mol. The molecule has 2 aromatic rings. The molecule has 0 aliphatic rings. The van der Waals surface area contributed by atoms with Crippen LogP contribution in [0.5, 0.6) is 17.2 Å². The van der Waals surface area contributed by atoms with E-state index in [0.29, 0.717) is 6.42 Å². The minimum Gasteiger partial charge on any atom is -0.497 e. The van der Waals surface area contributed by atoms with E-state index < -0.39 is 0 Å². The third-order valence-corrected chi connectivity index (χ3v) is 2.93. The molecule has 4 nitrogen and oxygen atoms in total. The van der Waals surface area contributed by atoms with Crippen molar-refractivity contribution >= 4 is 0 Å². The van der Waals surface area contributed by atoms with E-state index in [4.69, 9.17) is 20.3 Å². The first kappa shape index (κ1) is 14.4. The van der Waals surface area contributed by atoms with Gasteiger partial charge in [0.1, 0.15) is 17.2 Å². The molecule has 0 saturated heterocycles. The fourth-order valence-electron chi connectivity index (χ4n) is 1.88. The van der Waals surface area contributed by atoms with Crippen molar-refractivity contribution in [2.45, 2.75) is 12.5 Å². The van der Waals surface area contributed by atoms with Crippen molar-refractivity contribution in [3.05, 3.63) is 54.1 Å². The Morgan fingerprint density at radius 3 is 2.40 bits per heavy atom. The first-order valence-corrected chi connectivity index (χ1v) is 6.48. The van der Waals surface area contributed by atoms with E-state index in [2.05, 4.69) is 0 Å². The third-order valence-electron chi connectivity index (χ3n) is 2.93. The largest absolute Gasteiger partial charge is 0.497 e. The molecule has 0 aliphatic carbocycles. The maximum atomic E-state index is 8.98. The van der Waals surface area contributed by atoms with Gasteiger partial charge in [-0.15, -0.1) is 0 Å². The number of hydrogen-bond donors (Lipinski definition) is 2. The molecule has 0 aromatic heterocycles. The molecule has 0 aliphatic heterocycles. The van der Waals surface area contributed by atoms with Crippen LogP contribution in [0.15, 0.2) is 48.5 Å². The van der Waals surface area contributed by atoms with Crippen molar-refractivity contribution in [2.24, 2.45) is 5.73 Å². The maximum Gasteiger partial charge on any atom is 0.127 e. The highest BCUT2D eigenvalue weighted by atomic mass is 16.5. The molecule has 0 fully saturated rings. The molecule has 0 radical (unpaired) electrons. The summed E-state index contributed by atoms with van der Waals surface area (Å²) in [5, 5.41) is 8.98. The number of methoxy groups -OCH3 is 1. The van der Waals surface area contributed by atoms with Gasteiger partial charge in [-0.2, -0.15) is 0 Å². The minimum absolute atomic E-state index is 0.0242. The summed E-state index contributed by atoms with van der Waals surface area (Å²) < 4.78 is 10.9. The van der Waals surface area contributed by atoms with Gasteiger partial charge in [-0.25, -0.2) is 0 Å². The average Bonchev–Trinajstić information content (AvgIpc) is 2.48. The quantitative estimate of drug-likeness (QED) is 0.848. The van der Waals surface area contributed by atoms with Gasteiger partial charge in [0.25, 0.3) is 0 Å². The second kappa shape index (κ2) is 6.93. The van der Waals surface area contributed by atoms with Gasteiger partial charge < -0.3 is 20.3 Å². The zero-order valence-electron chi connectivity index (χ0n) is 11.5. The number of hydrogen-bond acceptors (Lipinski definition) is 4. The lowest BCUT2D eigenvalue weighted by Crippen LogP contribution is -2.26. The van der Waals surface area contributed by atoms with Crippen molar-refractivity contribution in [2.75, 3.05) is 13.7 Å². The van der Waals surface area contributed by atoms with Gasteiger partial charge in [0.05, 0.1) is 13.7 Å². The topological polar surface area (TPSA) is 64.7 Å². The summed E-state index contributed by atoms with van der Waals surface area (Å²) in [6.45, 7) is -0.0242. The Kier molecular flexibility index (Phi) is 4.98. The van der Waals surface area contributed by atoms with E-state index in [1.54, 1.807) is 7.11 Å². The summed E-state index contributed by atoms with van der Waals surface area (Å²) in [7, 11) is 1.63. The number of aliphatic hydroxyl groups excluding tert-OH is 1. The molecule has 4 heteroatoms. The summed E-state index contributed by atoms with van der Waals surface area (Å²) in [6.07, 6.45) is 0.621. The molecule has 3 N–H and O–H groups in total. The first-order valence-electron chi connectivity index (χ1n) is 6.48. The van der Waals surface area contributed by atoms with Crippen LogP contribution in [0.3, 0.4) is 0 Å². The van der Waals surface area contributed by atoms with Crippen LogP contribution in [0.4, 0.5) is 0 Å². The van der Waals surface area contributed by atoms with Crippen molar-refractivity contribution in [3.63, 3.8) is 0 Å². The Morgan fingerprint density at radius 1 is 1.05 bits per heavy atom.